The lowest BCUT2D eigenvalue weighted by Gasteiger charge is -2.22. The molecule has 4 nitrogen and oxygen atoms in total. The molecule has 0 aromatic heterocycles. The molecule has 2 aliphatic heterocycles. The Morgan fingerprint density at radius 1 is 1.30 bits per heavy atom. The zero-order chi connectivity index (χ0) is 14.3. The zero-order valence-electron chi connectivity index (χ0n) is 11.8. The molecule has 20 heavy (non-hydrogen) atoms. The first-order valence-corrected chi connectivity index (χ1v) is 7.49. The first kappa shape index (κ1) is 13.4. The van der Waals surface area contributed by atoms with E-state index in [0.29, 0.717) is 5.11 Å². The molecule has 106 valence electrons. The smallest absolute Gasteiger partial charge is 0.255 e. The van der Waals surface area contributed by atoms with Crippen molar-refractivity contribution in [2.75, 3.05) is 22.9 Å². The first-order valence-electron chi connectivity index (χ1n) is 7.08. The van der Waals surface area contributed by atoms with Crippen molar-refractivity contribution in [3.63, 3.8) is 0 Å². The van der Waals surface area contributed by atoms with E-state index in [1.807, 2.05) is 13.0 Å². The molecular formula is C15H19N3OS. The summed E-state index contributed by atoms with van der Waals surface area (Å²) in [6, 6.07) is 5.91. The Bertz CT molecular complexity index is 566. The standard InChI is InChI=1S/C15H19N3OS/c1-10-9-12(18-14(19)11(2)16-15(18)20)5-6-13(10)17-7-3-4-8-17/h5-6,9,11H,3-4,7-8H2,1-2H3,(H,16,20)/t11-/m1/s1. The maximum Gasteiger partial charge on any atom is 0.255 e. The van der Waals surface area contributed by atoms with E-state index >= 15 is 0 Å². The van der Waals surface area contributed by atoms with Crippen LogP contribution in [0.4, 0.5) is 11.4 Å². The predicted molar refractivity (Wildman–Crippen MR) is 85.3 cm³/mol. The molecule has 2 aliphatic rings. The van der Waals surface area contributed by atoms with E-state index in [4.69, 9.17) is 12.2 Å². The van der Waals surface area contributed by atoms with E-state index in [2.05, 4.69) is 29.3 Å². The highest BCUT2D eigenvalue weighted by atomic mass is 32.1. The summed E-state index contributed by atoms with van der Waals surface area (Å²) in [6.07, 6.45) is 2.52. The van der Waals surface area contributed by atoms with Gasteiger partial charge in [0.1, 0.15) is 6.04 Å². The lowest BCUT2D eigenvalue weighted by molar-refractivity contribution is -0.117. The number of carbonyl (C=O) groups excluding carboxylic acids is 1. The first-order chi connectivity index (χ1) is 9.58. The highest BCUT2D eigenvalue weighted by Crippen LogP contribution is 2.29. The second-order valence-electron chi connectivity index (χ2n) is 5.51. The summed E-state index contributed by atoms with van der Waals surface area (Å²) in [5.74, 6) is 0.0170. The van der Waals surface area contributed by atoms with Gasteiger partial charge in [0.15, 0.2) is 5.11 Å². The quantitative estimate of drug-likeness (QED) is 0.847. The van der Waals surface area contributed by atoms with Gasteiger partial charge >= 0.3 is 0 Å². The number of amides is 1. The molecule has 2 heterocycles. The molecule has 1 atom stereocenters. The molecule has 3 rings (SSSR count). The van der Waals surface area contributed by atoms with E-state index in [0.717, 1.165) is 18.8 Å². The summed E-state index contributed by atoms with van der Waals surface area (Å²) >= 11 is 5.24. The lowest BCUT2D eigenvalue weighted by Crippen LogP contribution is -2.31. The molecule has 2 fully saturated rings. The van der Waals surface area contributed by atoms with Crippen LogP contribution in [0.1, 0.15) is 25.3 Å². The fraction of sp³-hybridized carbons (Fsp3) is 0.467. The number of nitrogens with one attached hydrogen (secondary N) is 1. The summed E-state index contributed by atoms with van der Waals surface area (Å²) < 4.78 is 0. The Morgan fingerprint density at radius 3 is 2.55 bits per heavy atom. The van der Waals surface area contributed by atoms with Gasteiger partial charge in [0, 0.05) is 18.8 Å². The van der Waals surface area contributed by atoms with Gasteiger partial charge in [-0.1, -0.05) is 0 Å². The number of nitrogens with zero attached hydrogens (tertiary/aromatic N) is 2. The highest BCUT2D eigenvalue weighted by molar-refractivity contribution is 7.80. The van der Waals surface area contributed by atoms with Crippen LogP contribution in [-0.4, -0.2) is 30.2 Å². The topological polar surface area (TPSA) is 35.6 Å². The Hall–Kier alpha value is -1.62. The van der Waals surface area contributed by atoms with Crippen LogP contribution in [0.15, 0.2) is 18.2 Å². The van der Waals surface area contributed by atoms with Crippen molar-refractivity contribution in [2.45, 2.75) is 32.7 Å². The van der Waals surface area contributed by atoms with Crippen LogP contribution in [-0.2, 0) is 4.79 Å². The number of hydrogen-bond donors (Lipinski definition) is 1. The fourth-order valence-electron chi connectivity index (χ4n) is 2.94. The molecule has 2 saturated heterocycles. The average molecular weight is 289 g/mol. The maximum absolute atomic E-state index is 12.1. The third-order valence-electron chi connectivity index (χ3n) is 4.02. The number of aryl methyl sites for hydroxylation is 1. The molecule has 0 saturated carbocycles. The zero-order valence-corrected chi connectivity index (χ0v) is 12.7. The van der Waals surface area contributed by atoms with Gasteiger partial charge in [-0.05, 0) is 62.7 Å². The Balaban J connectivity index is 1.90. The Labute approximate surface area is 124 Å². The number of anilines is 2. The molecule has 0 radical (unpaired) electrons. The summed E-state index contributed by atoms with van der Waals surface area (Å²) in [7, 11) is 0. The summed E-state index contributed by atoms with van der Waals surface area (Å²) in [5.41, 5.74) is 3.32. The van der Waals surface area contributed by atoms with Crippen molar-refractivity contribution < 1.29 is 4.79 Å². The van der Waals surface area contributed by atoms with E-state index in [1.54, 1.807) is 4.90 Å². The largest absolute Gasteiger partial charge is 0.371 e. The summed E-state index contributed by atoms with van der Waals surface area (Å²) in [6.45, 7) is 6.18. The van der Waals surface area contributed by atoms with Crippen LogP contribution in [0.3, 0.4) is 0 Å². The van der Waals surface area contributed by atoms with Crippen LogP contribution >= 0.6 is 12.2 Å². The SMILES string of the molecule is Cc1cc(N2C(=O)[C@@H](C)NC2=S)ccc1N1CCCC1. The van der Waals surface area contributed by atoms with E-state index in [1.165, 1.54) is 24.1 Å². The molecule has 1 aromatic rings. The van der Waals surface area contributed by atoms with Gasteiger partial charge in [-0.3, -0.25) is 9.69 Å². The van der Waals surface area contributed by atoms with Crippen molar-refractivity contribution in [3.8, 4) is 0 Å². The van der Waals surface area contributed by atoms with Crippen molar-refractivity contribution in [1.82, 2.24) is 5.32 Å². The minimum Gasteiger partial charge on any atom is -0.371 e. The van der Waals surface area contributed by atoms with Gasteiger partial charge in [0.05, 0.1) is 5.69 Å². The van der Waals surface area contributed by atoms with Gasteiger partial charge in [-0.25, -0.2) is 0 Å². The van der Waals surface area contributed by atoms with Gasteiger partial charge in [-0.15, -0.1) is 0 Å². The Kier molecular flexibility index (Phi) is 3.38. The number of hydrogen-bond acceptors (Lipinski definition) is 3. The van der Waals surface area contributed by atoms with Crippen molar-refractivity contribution in [3.05, 3.63) is 23.8 Å². The Morgan fingerprint density at radius 2 is 2.00 bits per heavy atom. The van der Waals surface area contributed by atoms with Gasteiger partial charge in [-0.2, -0.15) is 0 Å². The molecule has 1 aromatic carbocycles. The predicted octanol–water partition coefficient (Wildman–Crippen LogP) is 2.20. The number of carbonyl (C=O) groups is 1. The normalized spacial score (nSPS) is 22.6. The number of thiocarbonyl (C=S) groups is 1. The lowest BCUT2D eigenvalue weighted by atomic mass is 10.1. The molecule has 0 bridgehead atoms. The average Bonchev–Trinajstić information content (AvgIpc) is 2.99. The molecule has 1 N–H and O–H groups in total. The van der Waals surface area contributed by atoms with Crippen molar-refractivity contribution in [2.24, 2.45) is 0 Å². The summed E-state index contributed by atoms with van der Waals surface area (Å²) in [4.78, 5) is 16.1. The monoisotopic (exact) mass is 289 g/mol. The highest BCUT2D eigenvalue weighted by Gasteiger charge is 2.33. The number of rotatable bonds is 2. The van der Waals surface area contributed by atoms with Crippen LogP contribution < -0.4 is 15.1 Å². The minimum absolute atomic E-state index is 0.0170. The fourth-order valence-corrected chi connectivity index (χ4v) is 3.31. The van der Waals surface area contributed by atoms with E-state index in [-0.39, 0.29) is 11.9 Å². The molecule has 1 amide bonds. The number of benzene rings is 1. The second kappa shape index (κ2) is 5.05. The third kappa shape index (κ3) is 2.16. The minimum atomic E-state index is -0.235. The van der Waals surface area contributed by atoms with Gasteiger partial charge in [0.25, 0.3) is 5.91 Å². The van der Waals surface area contributed by atoms with E-state index in [9.17, 15) is 4.79 Å². The third-order valence-corrected chi connectivity index (χ3v) is 4.32. The van der Waals surface area contributed by atoms with Crippen LogP contribution in [0.25, 0.3) is 0 Å². The summed E-state index contributed by atoms with van der Waals surface area (Å²) in [5, 5.41) is 3.50. The second-order valence-corrected chi connectivity index (χ2v) is 5.90. The van der Waals surface area contributed by atoms with Crippen LogP contribution in [0.5, 0.6) is 0 Å². The molecule has 0 unspecified atom stereocenters. The van der Waals surface area contributed by atoms with Crippen LogP contribution in [0.2, 0.25) is 0 Å². The molecule has 0 spiro atoms. The maximum atomic E-state index is 12.1. The van der Waals surface area contributed by atoms with Gasteiger partial charge < -0.3 is 10.2 Å². The van der Waals surface area contributed by atoms with Crippen LogP contribution in [0, 0.1) is 6.92 Å². The molecule has 5 heteroatoms. The van der Waals surface area contributed by atoms with E-state index < -0.39 is 0 Å². The van der Waals surface area contributed by atoms with Gasteiger partial charge in [0.2, 0.25) is 0 Å². The van der Waals surface area contributed by atoms with Crippen molar-refractivity contribution >= 4 is 34.6 Å². The molecular weight excluding hydrogens is 270 g/mol. The molecule has 0 aliphatic carbocycles. The van der Waals surface area contributed by atoms with Crippen molar-refractivity contribution in [1.29, 1.82) is 0 Å².